The third kappa shape index (κ3) is 3.63. The quantitative estimate of drug-likeness (QED) is 0.776. The molecular formula is C11H10ClF3O2. The molecule has 0 unspecified atom stereocenters. The highest BCUT2D eigenvalue weighted by atomic mass is 35.5. The van der Waals surface area contributed by atoms with Crippen LogP contribution in [-0.2, 0) is 0 Å². The maximum Gasteiger partial charge on any atom is 0.455 e. The zero-order valence-corrected chi connectivity index (χ0v) is 9.89. The summed E-state index contributed by atoms with van der Waals surface area (Å²) in [5.41, 5.74) is -0.571. The van der Waals surface area contributed by atoms with E-state index in [1.54, 1.807) is 13.8 Å². The fourth-order valence-corrected chi connectivity index (χ4v) is 1.36. The summed E-state index contributed by atoms with van der Waals surface area (Å²) in [4.78, 5) is 11.2. The molecule has 1 rings (SSSR count). The Bertz CT molecular complexity index is 427. The van der Waals surface area contributed by atoms with Crippen LogP contribution in [0.3, 0.4) is 0 Å². The van der Waals surface area contributed by atoms with Crippen LogP contribution in [0, 0.1) is 0 Å². The van der Waals surface area contributed by atoms with Crippen molar-refractivity contribution in [3.8, 4) is 5.75 Å². The molecule has 0 saturated carbocycles. The van der Waals surface area contributed by atoms with Crippen molar-refractivity contribution >= 4 is 17.4 Å². The molecule has 6 heteroatoms. The number of ether oxygens (including phenoxy) is 1. The lowest BCUT2D eigenvalue weighted by Crippen LogP contribution is -2.24. The van der Waals surface area contributed by atoms with E-state index in [0.29, 0.717) is 0 Å². The molecule has 94 valence electrons. The van der Waals surface area contributed by atoms with Gasteiger partial charge >= 0.3 is 6.18 Å². The molecule has 0 aliphatic carbocycles. The number of hydrogen-bond acceptors (Lipinski definition) is 2. The zero-order valence-electron chi connectivity index (χ0n) is 9.14. The van der Waals surface area contributed by atoms with Gasteiger partial charge in [0.05, 0.1) is 11.7 Å². The van der Waals surface area contributed by atoms with Crippen LogP contribution in [-0.4, -0.2) is 18.1 Å². The first-order valence-corrected chi connectivity index (χ1v) is 5.17. The largest absolute Gasteiger partial charge is 0.490 e. The maximum atomic E-state index is 12.3. The Morgan fingerprint density at radius 1 is 1.35 bits per heavy atom. The normalized spacial score (nSPS) is 11.7. The van der Waals surface area contributed by atoms with Crippen LogP contribution in [0.1, 0.15) is 24.2 Å². The standard InChI is InChI=1S/C11H10ClF3O2/c1-6(2)17-9-4-3-7(12)5-8(9)10(16)11(13,14)15/h3-6H,1-2H3. The van der Waals surface area contributed by atoms with Crippen LogP contribution < -0.4 is 4.74 Å². The van der Waals surface area contributed by atoms with Gasteiger partial charge in [0.25, 0.3) is 5.78 Å². The first-order valence-electron chi connectivity index (χ1n) is 4.79. The molecule has 0 radical (unpaired) electrons. The van der Waals surface area contributed by atoms with E-state index in [2.05, 4.69) is 0 Å². The number of hydrogen-bond donors (Lipinski definition) is 0. The van der Waals surface area contributed by atoms with E-state index in [9.17, 15) is 18.0 Å². The minimum atomic E-state index is -4.94. The van der Waals surface area contributed by atoms with Crippen molar-refractivity contribution in [2.45, 2.75) is 26.1 Å². The molecule has 0 bridgehead atoms. The van der Waals surface area contributed by atoms with Crippen LogP contribution in [0.4, 0.5) is 13.2 Å². The summed E-state index contributed by atoms with van der Waals surface area (Å²) in [6.07, 6.45) is -5.28. The average molecular weight is 267 g/mol. The van der Waals surface area contributed by atoms with E-state index < -0.39 is 17.5 Å². The van der Waals surface area contributed by atoms with Crippen LogP contribution in [0.15, 0.2) is 18.2 Å². The summed E-state index contributed by atoms with van der Waals surface area (Å²) in [5.74, 6) is -2.08. The van der Waals surface area contributed by atoms with Gasteiger partial charge in [0, 0.05) is 5.02 Å². The third-order valence-corrected chi connectivity index (χ3v) is 2.04. The fourth-order valence-electron chi connectivity index (χ4n) is 1.19. The lowest BCUT2D eigenvalue weighted by Gasteiger charge is -2.14. The van der Waals surface area contributed by atoms with Crippen LogP contribution in [0.25, 0.3) is 0 Å². The molecular weight excluding hydrogens is 257 g/mol. The van der Waals surface area contributed by atoms with Gasteiger partial charge in [-0.05, 0) is 32.0 Å². The van der Waals surface area contributed by atoms with Crippen LogP contribution in [0.2, 0.25) is 5.02 Å². The summed E-state index contributed by atoms with van der Waals surface area (Å²) >= 11 is 5.57. The van der Waals surface area contributed by atoms with Gasteiger partial charge in [-0.25, -0.2) is 0 Å². The van der Waals surface area contributed by atoms with Crippen LogP contribution in [0.5, 0.6) is 5.75 Å². The number of rotatable bonds is 3. The van der Waals surface area contributed by atoms with Gasteiger partial charge in [0.1, 0.15) is 5.75 Å². The first-order chi connectivity index (χ1) is 7.71. The van der Waals surface area contributed by atoms with Crippen molar-refractivity contribution in [2.24, 2.45) is 0 Å². The van der Waals surface area contributed by atoms with Crippen LogP contribution >= 0.6 is 11.6 Å². The Balaban J connectivity index is 3.20. The summed E-state index contributed by atoms with van der Waals surface area (Å²) < 4.78 is 42.1. The van der Waals surface area contributed by atoms with E-state index >= 15 is 0 Å². The van der Waals surface area contributed by atoms with E-state index in [-0.39, 0.29) is 16.9 Å². The number of carbonyl (C=O) groups excluding carboxylic acids is 1. The van der Waals surface area contributed by atoms with Gasteiger partial charge in [0.15, 0.2) is 0 Å². The SMILES string of the molecule is CC(C)Oc1ccc(Cl)cc1C(=O)C(F)(F)F. The monoisotopic (exact) mass is 266 g/mol. The van der Waals surface area contributed by atoms with Gasteiger partial charge in [0.2, 0.25) is 0 Å². The lowest BCUT2D eigenvalue weighted by atomic mass is 10.1. The van der Waals surface area contributed by atoms with Crippen molar-refractivity contribution in [3.63, 3.8) is 0 Å². The van der Waals surface area contributed by atoms with E-state index in [0.717, 1.165) is 6.07 Å². The molecule has 2 nitrogen and oxygen atoms in total. The topological polar surface area (TPSA) is 26.3 Å². The molecule has 0 spiro atoms. The number of carbonyl (C=O) groups is 1. The predicted molar refractivity (Wildman–Crippen MR) is 57.6 cm³/mol. The molecule has 1 aromatic carbocycles. The predicted octanol–water partition coefficient (Wildman–Crippen LogP) is 3.87. The van der Waals surface area contributed by atoms with Crippen molar-refractivity contribution in [3.05, 3.63) is 28.8 Å². The number of halogens is 4. The van der Waals surface area contributed by atoms with Gasteiger partial charge in [-0.15, -0.1) is 0 Å². The molecule has 0 aliphatic rings. The maximum absolute atomic E-state index is 12.3. The van der Waals surface area contributed by atoms with Crippen molar-refractivity contribution in [1.29, 1.82) is 0 Å². The molecule has 0 atom stereocenters. The minimum absolute atomic E-state index is 0.0497. The highest BCUT2D eigenvalue weighted by Crippen LogP contribution is 2.30. The van der Waals surface area contributed by atoms with Gasteiger partial charge in [-0.2, -0.15) is 13.2 Å². The minimum Gasteiger partial charge on any atom is -0.490 e. The molecule has 0 N–H and O–H groups in total. The summed E-state index contributed by atoms with van der Waals surface area (Å²) in [5, 5.41) is 0.0497. The van der Waals surface area contributed by atoms with E-state index in [1.165, 1.54) is 12.1 Å². The molecule has 0 fully saturated rings. The first kappa shape index (κ1) is 13.8. The second-order valence-electron chi connectivity index (χ2n) is 3.63. The molecule has 0 aromatic heterocycles. The molecule has 0 amide bonds. The van der Waals surface area contributed by atoms with Crippen molar-refractivity contribution in [2.75, 3.05) is 0 Å². The van der Waals surface area contributed by atoms with Gasteiger partial charge in [-0.1, -0.05) is 11.6 Å². The summed E-state index contributed by atoms with van der Waals surface area (Å²) in [6, 6.07) is 3.57. The highest BCUT2D eigenvalue weighted by molar-refractivity contribution is 6.31. The Hall–Kier alpha value is -1.23. The number of Topliss-reactive ketones (excluding diaryl/α,β-unsaturated/α-hetero) is 1. The number of ketones is 1. The Morgan fingerprint density at radius 3 is 2.41 bits per heavy atom. The van der Waals surface area contributed by atoms with E-state index in [1.807, 2.05) is 0 Å². The molecule has 17 heavy (non-hydrogen) atoms. The van der Waals surface area contributed by atoms with Crippen molar-refractivity contribution < 1.29 is 22.7 Å². The van der Waals surface area contributed by atoms with Gasteiger partial charge < -0.3 is 4.74 Å². The molecule has 0 aliphatic heterocycles. The second-order valence-corrected chi connectivity index (χ2v) is 4.07. The van der Waals surface area contributed by atoms with E-state index in [4.69, 9.17) is 16.3 Å². The fraction of sp³-hybridized carbons (Fsp3) is 0.364. The molecule has 0 heterocycles. The Morgan fingerprint density at radius 2 is 1.94 bits per heavy atom. The summed E-state index contributed by atoms with van der Waals surface area (Å²) in [7, 11) is 0. The smallest absolute Gasteiger partial charge is 0.455 e. The van der Waals surface area contributed by atoms with Gasteiger partial charge in [-0.3, -0.25) is 4.79 Å². The third-order valence-electron chi connectivity index (χ3n) is 1.81. The summed E-state index contributed by atoms with van der Waals surface area (Å²) in [6.45, 7) is 3.30. The number of alkyl halides is 3. The lowest BCUT2D eigenvalue weighted by molar-refractivity contribution is -0.0887. The highest BCUT2D eigenvalue weighted by Gasteiger charge is 2.41. The Labute approximate surface area is 101 Å². The molecule has 1 aromatic rings. The number of benzene rings is 1. The molecule has 0 saturated heterocycles. The average Bonchev–Trinajstić information content (AvgIpc) is 2.17. The zero-order chi connectivity index (χ0) is 13.2. The second kappa shape index (κ2) is 4.96. The van der Waals surface area contributed by atoms with Crippen molar-refractivity contribution in [1.82, 2.24) is 0 Å². The Kier molecular flexibility index (Phi) is 4.03.